The topological polar surface area (TPSA) is 117 Å². The Balaban J connectivity index is 3.90. The van der Waals surface area contributed by atoms with E-state index in [0.29, 0.717) is 13.0 Å². The molecule has 0 spiro atoms. The number of hydrogen-bond donors (Lipinski definition) is 2. The first-order chi connectivity index (χ1) is 30.9. The molecule has 0 saturated heterocycles. The van der Waals surface area contributed by atoms with Crippen LogP contribution in [0.25, 0.3) is 0 Å². The van der Waals surface area contributed by atoms with Crippen LogP contribution in [0.2, 0.25) is 0 Å². The van der Waals surface area contributed by atoms with E-state index in [2.05, 4.69) is 50.3 Å². The highest BCUT2D eigenvalue weighted by atomic mass is 31.2. The van der Waals surface area contributed by atoms with E-state index >= 15 is 0 Å². The first-order valence-corrected chi connectivity index (χ1v) is 28.5. The maximum absolute atomic E-state index is 12.7. The Morgan fingerprint density at radius 1 is 0.476 bits per heavy atom. The van der Waals surface area contributed by atoms with Crippen LogP contribution in [0.3, 0.4) is 0 Å². The maximum Gasteiger partial charge on any atom is 0.472 e. The molecular formula is C54H104NO7P. The average Bonchev–Trinajstić information content (AvgIpc) is 3.28. The van der Waals surface area contributed by atoms with Gasteiger partial charge in [-0.25, -0.2) is 4.57 Å². The van der Waals surface area contributed by atoms with Crippen LogP contribution in [-0.2, 0) is 27.9 Å². The van der Waals surface area contributed by atoms with Crippen molar-refractivity contribution in [1.29, 1.82) is 0 Å². The number of phosphoric acid groups is 1. The van der Waals surface area contributed by atoms with E-state index in [9.17, 15) is 14.3 Å². The van der Waals surface area contributed by atoms with Gasteiger partial charge in [0.05, 0.1) is 19.8 Å². The molecule has 0 amide bonds. The van der Waals surface area contributed by atoms with E-state index in [0.717, 1.165) is 51.4 Å². The Kier molecular flexibility index (Phi) is 50.7. The molecule has 0 aliphatic heterocycles. The minimum atomic E-state index is -4.29. The minimum absolute atomic E-state index is 0.0963. The van der Waals surface area contributed by atoms with Gasteiger partial charge in [0.2, 0.25) is 0 Å². The minimum Gasteiger partial charge on any atom is -0.457 e. The molecule has 3 N–H and O–H groups in total. The molecule has 0 radical (unpaired) electrons. The Morgan fingerprint density at radius 2 is 0.841 bits per heavy atom. The second-order valence-electron chi connectivity index (χ2n) is 18.1. The fraction of sp³-hybridized carbons (Fsp3) is 0.870. The van der Waals surface area contributed by atoms with Gasteiger partial charge in [-0.05, 0) is 51.4 Å². The summed E-state index contributed by atoms with van der Waals surface area (Å²) in [6.07, 6.45) is 61.9. The quantitative estimate of drug-likeness (QED) is 0.0268. The Bertz CT molecular complexity index is 1070. The van der Waals surface area contributed by atoms with Gasteiger partial charge in [-0.2, -0.15) is 0 Å². The van der Waals surface area contributed by atoms with E-state index < -0.39 is 13.9 Å². The first kappa shape index (κ1) is 61.7. The molecule has 0 aliphatic rings. The largest absolute Gasteiger partial charge is 0.472 e. The number of unbranched alkanes of at least 4 members (excludes halogenated alkanes) is 33. The van der Waals surface area contributed by atoms with Crippen LogP contribution in [0.4, 0.5) is 0 Å². The molecular weight excluding hydrogens is 806 g/mol. The number of phosphoric ester groups is 1. The molecule has 0 aromatic carbocycles. The van der Waals surface area contributed by atoms with Crippen LogP contribution >= 0.6 is 7.82 Å². The lowest BCUT2D eigenvalue weighted by Crippen LogP contribution is -2.28. The first-order valence-electron chi connectivity index (χ1n) is 27.0. The molecule has 0 bridgehead atoms. The molecule has 0 fully saturated rings. The summed E-state index contributed by atoms with van der Waals surface area (Å²) in [5, 5.41) is 0. The van der Waals surface area contributed by atoms with Crippen molar-refractivity contribution in [3.05, 3.63) is 36.5 Å². The predicted molar refractivity (Wildman–Crippen MR) is 270 cm³/mol. The van der Waals surface area contributed by atoms with Crippen LogP contribution in [0, 0.1) is 0 Å². The van der Waals surface area contributed by atoms with Crippen molar-refractivity contribution in [2.45, 2.75) is 270 Å². The molecule has 0 aromatic rings. The summed E-state index contributed by atoms with van der Waals surface area (Å²) in [5.41, 5.74) is 5.39. The van der Waals surface area contributed by atoms with E-state index in [-0.39, 0.29) is 32.3 Å². The Morgan fingerprint density at radius 3 is 1.29 bits per heavy atom. The van der Waals surface area contributed by atoms with Crippen LogP contribution in [-0.4, -0.2) is 49.9 Å². The summed E-state index contributed by atoms with van der Waals surface area (Å²) in [6.45, 7) is 4.92. The lowest BCUT2D eigenvalue weighted by atomic mass is 10.0. The monoisotopic (exact) mass is 910 g/mol. The number of allylic oxidation sites excluding steroid dienone is 6. The van der Waals surface area contributed by atoms with Gasteiger partial charge < -0.3 is 20.1 Å². The summed E-state index contributed by atoms with van der Waals surface area (Å²) in [6, 6.07) is 0. The lowest BCUT2D eigenvalue weighted by molar-refractivity contribution is -0.154. The van der Waals surface area contributed by atoms with Gasteiger partial charge in [0.25, 0.3) is 0 Å². The number of rotatable bonds is 52. The Hall–Kier alpha value is -1.28. The zero-order valence-corrected chi connectivity index (χ0v) is 42.5. The molecule has 0 aliphatic carbocycles. The van der Waals surface area contributed by atoms with Crippen molar-refractivity contribution in [3.63, 3.8) is 0 Å². The van der Waals surface area contributed by atoms with Crippen molar-refractivity contribution in [2.75, 3.05) is 33.0 Å². The fourth-order valence-electron chi connectivity index (χ4n) is 7.83. The third-order valence-electron chi connectivity index (χ3n) is 11.8. The van der Waals surface area contributed by atoms with E-state index in [1.54, 1.807) is 0 Å². The van der Waals surface area contributed by atoms with Gasteiger partial charge in [-0.15, -0.1) is 0 Å². The van der Waals surface area contributed by atoms with Gasteiger partial charge in [0.15, 0.2) is 0 Å². The summed E-state index contributed by atoms with van der Waals surface area (Å²) >= 11 is 0. The summed E-state index contributed by atoms with van der Waals surface area (Å²) in [7, 11) is -4.29. The van der Waals surface area contributed by atoms with Gasteiger partial charge in [-0.3, -0.25) is 13.8 Å². The highest BCUT2D eigenvalue weighted by Crippen LogP contribution is 2.43. The third kappa shape index (κ3) is 51.6. The van der Waals surface area contributed by atoms with Gasteiger partial charge in [0.1, 0.15) is 6.10 Å². The smallest absolute Gasteiger partial charge is 0.457 e. The molecule has 0 heterocycles. The average molecular weight is 910 g/mol. The fourth-order valence-corrected chi connectivity index (χ4v) is 8.60. The number of esters is 1. The van der Waals surface area contributed by atoms with Crippen LogP contribution in [0.1, 0.15) is 264 Å². The summed E-state index contributed by atoms with van der Waals surface area (Å²) in [5.74, 6) is -0.328. The number of carbonyl (C=O) groups is 1. The predicted octanol–water partition coefficient (Wildman–Crippen LogP) is 16.9. The van der Waals surface area contributed by atoms with Crippen LogP contribution < -0.4 is 5.73 Å². The van der Waals surface area contributed by atoms with Gasteiger partial charge in [-0.1, -0.05) is 243 Å². The molecule has 63 heavy (non-hydrogen) atoms. The second-order valence-corrected chi connectivity index (χ2v) is 19.6. The maximum atomic E-state index is 12.7. The molecule has 9 heteroatoms. The third-order valence-corrected chi connectivity index (χ3v) is 12.8. The van der Waals surface area contributed by atoms with Crippen molar-refractivity contribution >= 4 is 13.8 Å². The van der Waals surface area contributed by atoms with E-state index in [4.69, 9.17) is 24.3 Å². The molecule has 8 nitrogen and oxygen atoms in total. The molecule has 2 unspecified atom stereocenters. The molecule has 0 aromatic heterocycles. The van der Waals surface area contributed by atoms with Crippen LogP contribution in [0.5, 0.6) is 0 Å². The zero-order valence-electron chi connectivity index (χ0n) is 41.6. The SMILES string of the molecule is CCCCC/C=C\C/C=C\C/C=C\CCCCCCCCCOCC(COP(=O)(O)OCCN)OC(=O)CCCCCCCCCCCCCCCCCCCCCCCCCC. The molecule has 0 rings (SSSR count). The van der Waals surface area contributed by atoms with E-state index in [1.165, 1.54) is 193 Å². The summed E-state index contributed by atoms with van der Waals surface area (Å²) in [4.78, 5) is 22.6. The Labute approximate surface area is 390 Å². The zero-order chi connectivity index (χ0) is 45.8. The highest BCUT2D eigenvalue weighted by molar-refractivity contribution is 7.47. The molecule has 2 atom stereocenters. The molecule has 372 valence electrons. The van der Waals surface area contributed by atoms with Crippen LogP contribution in [0.15, 0.2) is 36.5 Å². The van der Waals surface area contributed by atoms with Crippen molar-refractivity contribution < 1.29 is 32.8 Å². The highest BCUT2D eigenvalue weighted by Gasteiger charge is 2.25. The number of nitrogens with two attached hydrogens (primary N) is 1. The van der Waals surface area contributed by atoms with Crippen molar-refractivity contribution in [2.24, 2.45) is 5.73 Å². The molecule has 0 saturated carbocycles. The summed E-state index contributed by atoms with van der Waals surface area (Å²) < 4.78 is 33.6. The van der Waals surface area contributed by atoms with Crippen molar-refractivity contribution in [3.8, 4) is 0 Å². The van der Waals surface area contributed by atoms with E-state index in [1.807, 2.05) is 0 Å². The normalized spacial score (nSPS) is 13.5. The van der Waals surface area contributed by atoms with Gasteiger partial charge >= 0.3 is 13.8 Å². The second kappa shape index (κ2) is 51.7. The number of ether oxygens (including phenoxy) is 2. The van der Waals surface area contributed by atoms with Gasteiger partial charge in [0, 0.05) is 19.6 Å². The van der Waals surface area contributed by atoms with Crippen molar-refractivity contribution in [1.82, 2.24) is 0 Å². The lowest BCUT2D eigenvalue weighted by Gasteiger charge is -2.20. The standard InChI is InChI=1S/C54H104NO7P/c1-3-5-7-9-11-13-15-17-19-21-23-25-26-27-28-29-31-33-35-37-39-41-43-45-47-54(56)62-53(52-61-63(57,58)60-50-48-55)51-59-49-46-44-42-40-38-36-34-32-30-24-22-20-18-16-14-12-10-8-6-4-2/h12,14,18,20,24,30,53H,3-11,13,15-17,19,21-23,25-29,31-52,55H2,1-2H3,(H,57,58)/b14-12-,20-18-,30-24-. The number of hydrogen-bond acceptors (Lipinski definition) is 7. The number of carbonyl (C=O) groups excluding carboxylic acids is 1.